The molecule has 3 aliphatic rings. The van der Waals surface area contributed by atoms with Gasteiger partial charge in [-0.15, -0.1) is 5.43 Å². The Morgan fingerprint density at radius 2 is 1.95 bits per heavy atom. The predicted molar refractivity (Wildman–Crippen MR) is 124 cm³/mol. The first-order valence-corrected chi connectivity index (χ1v) is 12.5. The van der Waals surface area contributed by atoms with E-state index in [9.17, 15) is 32.4 Å². The molecule has 0 radical (unpaired) electrons. The van der Waals surface area contributed by atoms with Crippen LogP contribution in [0.3, 0.4) is 0 Å². The van der Waals surface area contributed by atoms with Gasteiger partial charge in [-0.1, -0.05) is 0 Å². The van der Waals surface area contributed by atoms with Gasteiger partial charge in [-0.05, 0) is 44.6 Å². The standard InChI is InChI=1S/C24H28F4N6O4/c1-38-20-10-16(17(25)13-29-20)18-11-19(31-30-18)21(35)33-9-4-15(12-22(33)7-8-22)34(37)32-14-2-5-23(36,6-3-14)24(26,27)28/h10-11,13-15,36H,2-9,12H2,1H3,(H-,29,30,31,32,35,37)/p+1/t14?,15-,23?/m1/s1. The average molecular weight is 542 g/mol. The number of hydrogen-bond donors (Lipinski definition) is 3. The van der Waals surface area contributed by atoms with Gasteiger partial charge in [0.25, 0.3) is 5.91 Å². The average Bonchev–Trinajstić information content (AvgIpc) is 3.46. The van der Waals surface area contributed by atoms with E-state index >= 15 is 0 Å². The molecule has 14 heteroatoms. The number of nitrogens with one attached hydrogen (secondary N) is 2. The van der Waals surface area contributed by atoms with Crippen LogP contribution in [0.25, 0.3) is 11.3 Å². The molecule has 3 heterocycles. The van der Waals surface area contributed by atoms with Crippen molar-refractivity contribution in [3.05, 3.63) is 34.7 Å². The molecule has 1 saturated heterocycles. The molecule has 1 amide bonds. The number of aliphatic hydroxyl groups is 1. The van der Waals surface area contributed by atoms with E-state index in [0.29, 0.717) is 19.4 Å². The van der Waals surface area contributed by atoms with Gasteiger partial charge >= 0.3 is 6.18 Å². The number of alkyl halides is 3. The van der Waals surface area contributed by atoms with E-state index in [-0.39, 0.29) is 41.6 Å². The third-order valence-electron chi connectivity index (χ3n) is 8.05. The zero-order chi connectivity index (χ0) is 27.3. The molecule has 2 saturated carbocycles. The lowest BCUT2D eigenvalue weighted by Crippen LogP contribution is -2.56. The highest BCUT2D eigenvalue weighted by Crippen LogP contribution is 2.49. The molecule has 1 spiro atoms. The quantitative estimate of drug-likeness (QED) is 0.291. The number of aromatic amines is 1. The van der Waals surface area contributed by atoms with Gasteiger partial charge in [0, 0.05) is 31.0 Å². The summed E-state index contributed by atoms with van der Waals surface area (Å²) in [5.74, 6) is -0.707. The minimum absolute atomic E-state index is 0.0311. The Bertz CT molecular complexity index is 1220. The second-order valence-electron chi connectivity index (χ2n) is 10.5. The second kappa shape index (κ2) is 9.47. The van der Waals surface area contributed by atoms with E-state index in [1.54, 1.807) is 4.90 Å². The first-order chi connectivity index (χ1) is 17.9. The maximum Gasteiger partial charge on any atom is 0.417 e. The number of aromatic nitrogens is 3. The van der Waals surface area contributed by atoms with Crippen LogP contribution >= 0.6 is 0 Å². The van der Waals surface area contributed by atoms with Crippen LogP contribution in [0.5, 0.6) is 5.88 Å². The lowest BCUT2D eigenvalue weighted by Gasteiger charge is -2.38. The zero-order valence-corrected chi connectivity index (χ0v) is 20.7. The molecule has 5 rings (SSSR count). The van der Waals surface area contributed by atoms with Gasteiger partial charge in [-0.2, -0.15) is 18.3 Å². The van der Waals surface area contributed by atoms with Crippen LogP contribution in [-0.4, -0.2) is 79.0 Å². The van der Waals surface area contributed by atoms with E-state index in [0.717, 1.165) is 23.9 Å². The fourth-order valence-electron chi connectivity index (χ4n) is 5.54. The van der Waals surface area contributed by atoms with Gasteiger partial charge in [0.05, 0.1) is 35.5 Å². The first kappa shape index (κ1) is 26.3. The number of halogens is 4. The molecule has 10 nitrogen and oxygen atoms in total. The van der Waals surface area contributed by atoms with Crippen molar-refractivity contribution in [2.24, 2.45) is 0 Å². The molecule has 3 N–H and O–H groups in total. The lowest BCUT2D eigenvalue weighted by molar-refractivity contribution is -0.650. The number of nitroso groups, excluding NO2 is 1. The summed E-state index contributed by atoms with van der Waals surface area (Å²) in [5, 5.41) is 16.6. The fraction of sp³-hybridized carbons (Fsp3) is 0.625. The normalized spacial score (nSPS) is 26.7. The molecule has 38 heavy (non-hydrogen) atoms. The Kier molecular flexibility index (Phi) is 6.56. The number of hydrogen-bond acceptors (Lipinski definition) is 6. The highest BCUT2D eigenvalue weighted by Gasteiger charge is 2.58. The second-order valence-corrected chi connectivity index (χ2v) is 10.5. The van der Waals surface area contributed by atoms with Crippen LogP contribution in [0.1, 0.15) is 61.9 Å². The van der Waals surface area contributed by atoms with Crippen LogP contribution < -0.4 is 10.2 Å². The van der Waals surface area contributed by atoms with E-state index < -0.39 is 48.1 Å². The van der Waals surface area contributed by atoms with Crippen molar-refractivity contribution in [3.63, 3.8) is 0 Å². The summed E-state index contributed by atoms with van der Waals surface area (Å²) in [6.45, 7) is 0.314. The molecule has 1 atom stereocenters. The Hall–Kier alpha value is -3.29. The van der Waals surface area contributed by atoms with Crippen LogP contribution in [-0.2, 0) is 0 Å². The highest BCUT2D eigenvalue weighted by molar-refractivity contribution is 5.94. The number of likely N-dealkylation sites (tertiary alicyclic amines) is 1. The van der Waals surface area contributed by atoms with Crippen LogP contribution in [0.4, 0.5) is 17.6 Å². The van der Waals surface area contributed by atoms with Gasteiger partial charge in [-0.3, -0.25) is 9.89 Å². The maximum absolute atomic E-state index is 14.3. The summed E-state index contributed by atoms with van der Waals surface area (Å²) in [5.41, 5.74) is 0.152. The number of rotatable bonds is 6. The SMILES string of the molecule is COc1cc(-c2cc(C(=O)N3CC[C@@H]([N+](=O)NC4CCC(O)(C(F)(F)F)CC4)CC34CC4)[nH]n2)c(F)cn1. The fourth-order valence-corrected chi connectivity index (χ4v) is 5.54. The third kappa shape index (κ3) is 4.81. The molecular formula is C24H29F4N6O4+. The van der Waals surface area contributed by atoms with Crippen molar-refractivity contribution in [1.29, 1.82) is 0 Å². The van der Waals surface area contributed by atoms with Crippen molar-refractivity contribution in [3.8, 4) is 17.1 Å². The van der Waals surface area contributed by atoms with Gasteiger partial charge in [-0.25, -0.2) is 9.37 Å². The van der Waals surface area contributed by atoms with Crippen molar-refractivity contribution in [1.82, 2.24) is 25.5 Å². The number of pyridine rings is 1. The largest absolute Gasteiger partial charge is 0.481 e. The lowest BCUT2D eigenvalue weighted by atomic mass is 9.82. The number of H-pyrrole nitrogens is 1. The Labute approximate surface area is 215 Å². The third-order valence-corrected chi connectivity index (χ3v) is 8.05. The minimum atomic E-state index is -4.69. The highest BCUT2D eigenvalue weighted by atomic mass is 19.4. The molecular weight excluding hydrogens is 512 g/mol. The van der Waals surface area contributed by atoms with E-state index in [1.807, 2.05) is 0 Å². The van der Waals surface area contributed by atoms with Crippen LogP contribution in [0.15, 0.2) is 18.3 Å². The van der Waals surface area contributed by atoms with Crippen molar-refractivity contribution in [2.75, 3.05) is 13.7 Å². The van der Waals surface area contributed by atoms with Crippen molar-refractivity contribution < 1.29 is 37.1 Å². The van der Waals surface area contributed by atoms with Crippen molar-refractivity contribution >= 4 is 5.91 Å². The molecule has 2 aliphatic carbocycles. The van der Waals surface area contributed by atoms with E-state index in [2.05, 4.69) is 20.6 Å². The number of piperidine rings is 1. The van der Waals surface area contributed by atoms with Gasteiger partial charge in [0.15, 0.2) is 11.4 Å². The van der Waals surface area contributed by atoms with Gasteiger partial charge < -0.3 is 14.7 Å². The summed E-state index contributed by atoms with van der Waals surface area (Å²) < 4.78 is 58.5. The summed E-state index contributed by atoms with van der Waals surface area (Å²) in [6, 6.07) is 1.95. The predicted octanol–water partition coefficient (Wildman–Crippen LogP) is 3.28. The maximum atomic E-state index is 14.3. The molecule has 2 aromatic rings. The summed E-state index contributed by atoms with van der Waals surface area (Å²) in [7, 11) is 1.41. The Balaban J connectivity index is 1.20. The van der Waals surface area contributed by atoms with Gasteiger partial charge in [0.2, 0.25) is 11.9 Å². The molecule has 0 unspecified atom stereocenters. The smallest absolute Gasteiger partial charge is 0.417 e. The monoisotopic (exact) mass is 541 g/mol. The molecule has 1 aliphatic heterocycles. The zero-order valence-electron chi connectivity index (χ0n) is 20.7. The summed E-state index contributed by atoms with van der Waals surface area (Å²) >= 11 is 0. The Morgan fingerprint density at radius 1 is 1.24 bits per heavy atom. The number of nitrogens with zero attached hydrogens (tertiary/aromatic N) is 4. The number of carbonyl (C=O) groups excluding carboxylic acids is 1. The van der Waals surface area contributed by atoms with E-state index in [1.165, 1.54) is 19.2 Å². The van der Waals surface area contributed by atoms with Gasteiger partial charge in [0.1, 0.15) is 10.6 Å². The van der Waals surface area contributed by atoms with Crippen LogP contribution in [0.2, 0.25) is 0 Å². The number of hydrazine groups is 1. The topological polar surface area (TPSA) is 123 Å². The summed E-state index contributed by atoms with van der Waals surface area (Å²) in [4.78, 5) is 32.5. The minimum Gasteiger partial charge on any atom is -0.481 e. The molecule has 3 fully saturated rings. The molecule has 2 aromatic heterocycles. The molecule has 0 bridgehead atoms. The number of amides is 1. The first-order valence-electron chi connectivity index (χ1n) is 12.5. The number of ether oxygens (including phenoxy) is 1. The number of carbonyl (C=O) groups is 1. The van der Waals surface area contributed by atoms with Crippen LogP contribution in [0, 0.1) is 10.7 Å². The number of methoxy groups -OCH3 is 1. The van der Waals surface area contributed by atoms with E-state index in [4.69, 9.17) is 4.74 Å². The molecule has 206 valence electrons. The molecule has 0 aromatic carbocycles. The Morgan fingerprint density at radius 3 is 2.58 bits per heavy atom. The summed E-state index contributed by atoms with van der Waals surface area (Å²) in [6.07, 6.45) is -2.28. The van der Waals surface area contributed by atoms with Crippen molar-refractivity contribution in [2.45, 2.75) is 80.8 Å².